The van der Waals surface area contributed by atoms with Gasteiger partial charge >= 0.3 is 0 Å². The van der Waals surface area contributed by atoms with E-state index in [2.05, 4.69) is 136 Å². The molecule has 1 atom stereocenters. The Morgan fingerprint density at radius 1 is 0.649 bits per heavy atom. The van der Waals surface area contributed by atoms with Gasteiger partial charge in [-0.05, 0) is 78.0 Å². The topological polar surface area (TPSA) is 32.5 Å². The molecular weight excluding hydrogens is 449 g/mol. The number of hydrogen-bond acceptors (Lipinski definition) is 3. The maximum atomic E-state index is 6.45. The molecule has 1 unspecified atom stereocenters. The maximum Gasteiger partial charge on any atom is 0.213 e. The minimum atomic E-state index is 0.308. The molecule has 37 heavy (non-hydrogen) atoms. The Morgan fingerprint density at radius 2 is 1.16 bits per heavy atom. The molecule has 0 aliphatic carbocycles. The summed E-state index contributed by atoms with van der Waals surface area (Å²) < 4.78 is 0. The molecule has 3 aromatic carbocycles. The van der Waals surface area contributed by atoms with Crippen molar-refractivity contribution in [3.8, 4) is 0 Å². The maximum absolute atomic E-state index is 6.45. The summed E-state index contributed by atoms with van der Waals surface area (Å²) in [7, 11) is 0. The van der Waals surface area contributed by atoms with E-state index in [1.807, 2.05) is 0 Å². The molecular formula is C33H48BN3. The Kier molecular flexibility index (Phi) is 11.4. The van der Waals surface area contributed by atoms with Gasteiger partial charge in [0, 0.05) is 31.2 Å². The Morgan fingerprint density at radius 3 is 1.62 bits per heavy atom. The summed E-state index contributed by atoms with van der Waals surface area (Å²) in [4.78, 5) is 5.16. The first-order chi connectivity index (χ1) is 17.8. The van der Waals surface area contributed by atoms with Crippen LogP contribution >= 0.6 is 0 Å². The second-order valence-electron chi connectivity index (χ2n) is 11.3. The van der Waals surface area contributed by atoms with Gasteiger partial charge in [0.15, 0.2) is 0 Å². The summed E-state index contributed by atoms with van der Waals surface area (Å²) in [6, 6.07) is 32.5. The summed E-state index contributed by atoms with van der Waals surface area (Å²) in [5, 5.41) is 0. The molecule has 0 aliphatic heterocycles. The summed E-state index contributed by atoms with van der Waals surface area (Å²) in [5.41, 5.74) is 12.0. The van der Waals surface area contributed by atoms with Gasteiger partial charge < -0.3 is 5.73 Å². The molecule has 0 fully saturated rings. The second kappa shape index (κ2) is 14.5. The van der Waals surface area contributed by atoms with Gasteiger partial charge in [0.05, 0.1) is 0 Å². The van der Waals surface area contributed by atoms with E-state index in [4.69, 9.17) is 5.73 Å². The van der Waals surface area contributed by atoms with Crippen LogP contribution in [-0.4, -0.2) is 47.7 Å². The second-order valence-corrected chi connectivity index (χ2v) is 11.3. The average molecular weight is 498 g/mol. The van der Waals surface area contributed by atoms with Gasteiger partial charge in [0.1, 0.15) is 0 Å². The number of nitrogens with two attached hydrogens (primary N) is 1. The van der Waals surface area contributed by atoms with Crippen LogP contribution < -0.4 is 16.7 Å². The fourth-order valence-corrected chi connectivity index (χ4v) is 5.56. The lowest BCUT2D eigenvalue weighted by molar-refractivity contribution is 0.166. The van der Waals surface area contributed by atoms with Gasteiger partial charge in [-0.1, -0.05) is 95.9 Å². The molecule has 4 heteroatoms. The summed E-state index contributed by atoms with van der Waals surface area (Å²) in [6.07, 6.45) is 1.07. The van der Waals surface area contributed by atoms with Crippen LogP contribution in [0.5, 0.6) is 0 Å². The van der Waals surface area contributed by atoms with E-state index in [0.29, 0.717) is 37.2 Å². The molecule has 0 spiro atoms. The SMILES string of the molecule is CC(C)N(CCC(CN)B(c1ccccc1)c1ccccc1)Cc1cccc(CN(C(C)C)C(C)C)c1. The largest absolute Gasteiger partial charge is 0.331 e. The third-order valence-corrected chi connectivity index (χ3v) is 7.68. The third-order valence-electron chi connectivity index (χ3n) is 7.68. The zero-order valence-corrected chi connectivity index (χ0v) is 24.0. The van der Waals surface area contributed by atoms with E-state index in [-0.39, 0.29) is 0 Å². The summed E-state index contributed by atoms with van der Waals surface area (Å²) in [5.74, 6) is 0.378. The lowest BCUT2D eigenvalue weighted by Crippen LogP contribution is -2.49. The molecule has 0 aromatic heterocycles. The van der Waals surface area contributed by atoms with Crippen LogP contribution in [0.15, 0.2) is 84.9 Å². The first-order valence-corrected chi connectivity index (χ1v) is 14.2. The van der Waals surface area contributed by atoms with Crippen molar-refractivity contribution in [1.29, 1.82) is 0 Å². The first kappa shape index (κ1) is 29.2. The van der Waals surface area contributed by atoms with Crippen LogP contribution in [0.4, 0.5) is 0 Å². The molecule has 2 N–H and O–H groups in total. The van der Waals surface area contributed by atoms with Crippen LogP contribution in [-0.2, 0) is 13.1 Å². The minimum absolute atomic E-state index is 0.308. The highest BCUT2D eigenvalue weighted by Crippen LogP contribution is 2.20. The first-order valence-electron chi connectivity index (χ1n) is 14.2. The standard InChI is InChI=1S/C33H48BN3/c1-26(2)36(24-29-14-13-15-30(22-29)25-37(27(3)4)28(5)6)21-20-33(23-35)34(31-16-9-7-10-17-31)32-18-11-8-12-19-32/h7-19,22,26-28,33H,20-21,23-25,35H2,1-6H3. The normalized spacial score (nSPS) is 12.8. The fraction of sp³-hybridized carbons (Fsp3) is 0.455. The molecule has 3 nitrogen and oxygen atoms in total. The lowest BCUT2D eigenvalue weighted by atomic mass is 9.33. The molecule has 0 radical (unpaired) electrons. The van der Waals surface area contributed by atoms with E-state index < -0.39 is 0 Å². The Balaban J connectivity index is 1.74. The van der Waals surface area contributed by atoms with E-state index in [9.17, 15) is 0 Å². The third kappa shape index (κ3) is 8.56. The molecule has 3 rings (SSSR count). The molecule has 0 amide bonds. The van der Waals surface area contributed by atoms with Crippen molar-refractivity contribution in [3.63, 3.8) is 0 Å². The Bertz CT molecular complexity index is 988. The van der Waals surface area contributed by atoms with Gasteiger partial charge in [-0.2, -0.15) is 0 Å². The van der Waals surface area contributed by atoms with Crippen LogP contribution in [0, 0.1) is 0 Å². The van der Waals surface area contributed by atoms with E-state index >= 15 is 0 Å². The van der Waals surface area contributed by atoms with Crippen molar-refractivity contribution in [3.05, 3.63) is 96.1 Å². The lowest BCUT2D eigenvalue weighted by Gasteiger charge is -2.32. The van der Waals surface area contributed by atoms with Crippen molar-refractivity contribution < 1.29 is 0 Å². The van der Waals surface area contributed by atoms with Crippen molar-refractivity contribution in [2.45, 2.75) is 85.0 Å². The monoisotopic (exact) mass is 497 g/mol. The predicted octanol–water partition coefficient (Wildman–Crippen LogP) is 5.54. The van der Waals surface area contributed by atoms with Crippen LogP contribution in [0.2, 0.25) is 5.82 Å². The predicted molar refractivity (Wildman–Crippen MR) is 163 cm³/mol. The number of rotatable bonds is 14. The van der Waals surface area contributed by atoms with Crippen molar-refractivity contribution in [2.75, 3.05) is 13.1 Å². The number of nitrogens with zero attached hydrogens (tertiary/aromatic N) is 2. The average Bonchev–Trinajstić information content (AvgIpc) is 2.89. The zero-order chi connectivity index (χ0) is 26.8. The Hall–Kier alpha value is -2.40. The molecule has 0 aliphatic rings. The minimum Gasteiger partial charge on any atom is -0.331 e. The van der Waals surface area contributed by atoms with E-state index in [0.717, 1.165) is 26.1 Å². The molecule has 0 bridgehead atoms. The number of benzene rings is 3. The van der Waals surface area contributed by atoms with Gasteiger partial charge in [-0.25, -0.2) is 0 Å². The van der Waals surface area contributed by atoms with Gasteiger partial charge in [-0.3, -0.25) is 9.80 Å². The molecule has 0 saturated carbocycles. The quantitative estimate of drug-likeness (QED) is 0.297. The molecule has 198 valence electrons. The van der Waals surface area contributed by atoms with Crippen LogP contribution in [0.1, 0.15) is 59.1 Å². The summed E-state index contributed by atoms with van der Waals surface area (Å²) >= 11 is 0. The van der Waals surface area contributed by atoms with Crippen LogP contribution in [0.25, 0.3) is 0 Å². The van der Waals surface area contributed by atoms with E-state index in [1.165, 1.54) is 22.1 Å². The zero-order valence-electron chi connectivity index (χ0n) is 24.0. The molecule has 3 aromatic rings. The van der Waals surface area contributed by atoms with Crippen molar-refractivity contribution >= 4 is 17.6 Å². The van der Waals surface area contributed by atoms with E-state index in [1.54, 1.807) is 0 Å². The molecule has 0 saturated heterocycles. The van der Waals surface area contributed by atoms with Crippen LogP contribution in [0.3, 0.4) is 0 Å². The van der Waals surface area contributed by atoms with Gasteiger partial charge in [0.25, 0.3) is 0 Å². The highest BCUT2D eigenvalue weighted by molar-refractivity contribution is 6.86. The van der Waals surface area contributed by atoms with Crippen molar-refractivity contribution in [2.24, 2.45) is 5.73 Å². The van der Waals surface area contributed by atoms with Crippen molar-refractivity contribution in [1.82, 2.24) is 9.80 Å². The van der Waals surface area contributed by atoms with Gasteiger partial charge in [-0.15, -0.1) is 0 Å². The molecule has 0 heterocycles. The number of hydrogen-bond donors (Lipinski definition) is 1. The summed E-state index contributed by atoms with van der Waals surface area (Å²) in [6.45, 7) is 17.8. The fourth-order valence-electron chi connectivity index (χ4n) is 5.56. The Labute approximate surface area is 227 Å². The van der Waals surface area contributed by atoms with Gasteiger partial charge in [0.2, 0.25) is 6.71 Å². The smallest absolute Gasteiger partial charge is 0.213 e. The highest BCUT2D eigenvalue weighted by Gasteiger charge is 2.28. The highest BCUT2D eigenvalue weighted by atomic mass is 15.2.